The van der Waals surface area contributed by atoms with E-state index in [1.165, 1.54) is 30.8 Å². The topological polar surface area (TPSA) is 132 Å². The molecule has 0 spiro atoms. The molecule has 0 radical (unpaired) electrons. The van der Waals surface area contributed by atoms with Gasteiger partial charge in [0.05, 0.1) is 11.6 Å². The fourth-order valence-electron chi connectivity index (χ4n) is 2.08. The Morgan fingerprint density at radius 2 is 1.83 bits per heavy atom. The van der Waals surface area contributed by atoms with Crippen LogP contribution in [0.2, 0.25) is 0 Å². The minimum Gasteiger partial charge on any atom is -0.349 e. The molecule has 2 aromatic heterocycles. The molecule has 0 saturated carbocycles. The number of sulfonamides is 1. The van der Waals surface area contributed by atoms with Gasteiger partial charge in [-0.05, 0) is 12.1 Å². The zero-order valence-electron chi connectivity index (χ0n) is 13.4. The molecule has 0 atom stereocenters. The first kappa shape index (κ1) is 17.8. The van der Waals surface area contributed by atoms with E-state index in [4.69, 9.17) is 0 Å². The summed E-state index contributed by atoms with van der Waals surface area (Å²) < 4.78 is 26.2. The van der Waals surface area contributed by atoms with Crippen LogP contribution < -0.4 is 21.3 Å². The Balaban J connectivity index is 2.26. The van der Waals surface area contributed by atoms with Crippen molar-refractivity contribution >= 4 is 27.0 Å². The average molecular weight is 355 g/mol. The molecule has 24 heavy (non-hydrogen) atoms. The second-order valence-electron chi connectivity index (χ2n) is 5.20. The number of carbonyl (C=O) groups is 1. The highest BCUT2D eigenvalue weighted by Crippen LogP contribution is 2.06. The first-order chi connectivity index (χ1) is 11.1. The lowest BCUT2D eigenvalue weighted by molar-refractivity contribution is 0.0949. The van der Waals surface area contributed by atoms with Crippen molar-refractivity contribution in [2.75, 3.05) is 19.3 Å². The van der Waals surface area contributed by atoms with E-state index in [1.54, 1.807) is 0 Å². The van der Waals surface area contributed by atoms with Crippen LogP contribution in [-0.4, -0.2) is 47.8 Å². The molecule has 2 rings (SSSR count). The standard InChI is InChI=1S/C13H17N5O5S/c1-17-10-8(12(20)18(2)13(17)21)4-5-9(16-10)11(19)14-6-7-15-24(3,22)23/h4-5,15H,6-7H2,1-3H3,(H,14,19). The maximum Gasteiger partial charge on any atom is 0.332 e. The SMILES string of the molecule is Cn1c(=O)c2ccc(C(=O)NCCNS(C)(=O)=O)nc2n(C)c1=O. The fourth-order valence-corrected chi connectivity index (χ4v) is 2.56. The van der Waals surface area contributed by atoms with Crippen molar-refractivity contribution in [1.29, 1.82) is 0 Å². The van der Waals surface area contributed by atoms with Crippen LogP contribution in [0.25, 0.3) is 11.0 Å². The van der Waals surface area contributed by atoms with Gasteiger partial charge in [0, 0.05) is 27.2 Å². The summed E-state index contributed by atoms with van der Waals surface area (Å²) in [6.07, 6.45) is 1.01. The van der Waals surface area contributed by atoms with Crippen LogP contribution in [0.3, 0.4) is 0 Å². The number of fused-ring (bicyclic) bond motifs is 1. The molecule has 0 unspecified atom stereocenters. The minimum atomic E-state index is -3.33. The van der Waals surface area contributed by atoms with Crippen LogP contribution in [0.15, 0.2) is 21.7 Å². The van der Waals surface area contributed by atoms with Gasteiger partial charge in [-0.15, -0.1) is 0 Å². The number of nitrogens with one attached hydrogen (secondary N) is 2. The van der Waals surface area contributed by atoms with E-state index in [-0.39, 0.29) is 29.8 Å². The number of carbonyl (C=O) groups excluding carboxylic acids is 1. The van der Waals surface area contributed by atoms with Gasteiger partial charge in [0.25, 0.3) is 11.5 Å². The Kier molecular flexibility index (Phi) is 4.85. The summed E-state index contributed by atoms with van der Waals surface area (Å²) in [4.78, 5) is 40.0. The first-order valence-corrected chi connectivity index (χ1v) is 8.80. The summed E-state index contributed by atoms with van der Waals surface area (Å²) in [6, 6.07) is 2.79. The van der Waals surface area contributed by atoms with E-state index in [0.717, 1.165) is 10.8 Å². The Labute approximate surface area is 137 Å². The predicted molar refractivity (Wildman–Crippen MR) is 87.4 cm³/mol. The molecule has 0 aliphatic carbocycles. The molecule has 0 aliphatic rings. The molecule has 2 heterocycles. The van der Waals surface area contributed by atoms with E-state index in [1.807, 2.05) is 0 Å². The molecular weight excluding hydrogens is 338 g/mol. The summed E-state index contributed by atoms with van der Waals surface area (Å²) in [7, 11) is -0.513. The lowest BCUT2D eigenvalue weighted by Gasteiger charge is -2.09. The highest BCUT2D eigenvalue weighted by atomic mass is 32.2. The Bertz CT molecular complexity index is 1020. The minimum absolute atomic E-state index is 0.0186. The quantitative estimate of drug-likeness (QED) is 0.591. The summed E-state index contributed by atoms with van der Waals surface area (Å²) in [5.74, 6) is -0.541. The van der Waals surface area contributed by atoms with E-state index in [0.29, 0.717) is 0 Å². The van der Waals surface area contributed by atoms with Gasteiger partial charge in [0.1, 0.15) is 11.3 Å². The number of nitrogens with zero attached hydrogens (tertiary/aromatic N) is 3. The molecule has 2 aromatic rings. The third-order valence-corrected chi connectivity index (χ3v) is 4.04. The second kappa shape index (κ2) is 6.53. The summed E-state index contributed by atoms with van der Waals surface area (Å²) in [5.41, 5.74) is -0.921. The Morgan fingerprint density at radius 1 is 1.17 bits per heavy atom. The third kappa shape index (κ3) is 3.68. The number of hydrogen-bond donors (Lipinski definition) is 2. The summed E-state index contributed by atoms with van der Waals surface area (Å²) in [5, 5.41) is 2.71. The monoisotopic (exact) mass is 355 g/mol. The van der Waals surface area contributed by atoms with E-state index < -0.39 is 27.2 Å². The van der Waals surface area contributed by atoms with Gasteiger partial charge in [-0.1, -0.05) is 0 Å². The maximum absolute atomic E-state index is 12.0. The van der Waals surface area contributed by atoms with Gasteiger partial charge in [0.15, 0.2) is 0 Å². The lowest BCUT2D eigenvalue weighted by atomic mass is 10.2. The van der Waals surface area contributed by atoms with Crippen LogP contribution in [0.1, 0.15) is 10.5 Å². The predicted octanol–water partition coefficient (Wildman–Crippen LogP) is -2.09. The van der Waals surface area contributed by atoms with Crippen molar-refractivity contribution in [2.45, 2.75) is 0 Å². The Hall–Kier alpha value is -2.53. The smallest absolute Gasteiger partial charge is 0.332 e. The molecule has 0 aromatic carbocycles. The molecule has 0 saturated heterocycles. The van der Waals surface area contributed by atoms with Gasteiger partial charge in [-0.25, -0.2) is 22.9 Å². The summed E-state index contributed by atoms with van der Waals surface area (Å²) >= 11 is 0. The second-order valence-corrected chi connectivity index (χ2v) is 7.03. The number of aryl methyl sites for hydroxylation is 1. The van der Waals surface area contributed by atoms with Crippen molar-refractivity contribution in [3.8, 4) is 0 Å². The largest absolute Gasteiger partial charge is 0.349 e. The molecule has 0 bridgehead atoms. The highest BCUT2D eigenvalue weighted by Gasteiger charge is 2.13. The van der Waals surface area contributed by atoms with Gasteiger partial charge in [0.2, 0.25) is 10.0 Å². The normalized spacial score (nSPS) is 11.6. The van der Waals surface area contributed by atoms with Crippen LogP contribution >= 0.6 is 0 Å². The van der Waals surface area contributed by atoms with Gasteiger partial charge < -0.3 is 5.32 Å². The number of aromatic nitrogens is 3. The van der Waals surface area contributed by atoms with Gasteiger partial charge >= 0.3 is 5.69 Å². The lowest BCUT2D eigenvalue weighted by Crippen LogP contribution is -2.38. The molecule has 0 aliphatic heterocycles. The zero-order chi connectivity index (χ0) is 18.1. The number of hydrogen-bond acceptors (Lipinski definition) is 6. The summed E-state index contributed by atoms with van der Waals surface area (Å²) in [6.45, 7) is 0.109. The molecule has 1 amide bonds. The third-order valence-electron chi connectivity index (χ3n) is 3.31. The van der Waals surface area contributed by atoms with Gasteiger partial charge in [-0.3, -0.25) is 18.7 Å². The Morgan fingerprint density at radius 3 is 2.46 bits per heavy atom. The molecule has 130 valence electrons. The number of amides is 1. The molecule has 0 fully saturated rings. The van der Waals surface area contributed by atoms with Crippen molar-refractivity contribution in [2.24, 2.45) is 14.1 Å². The van der Waals surface area contributed by atoms with E-state index in [9.17, 15) is 22.8 Å². The maximum atomic E-state index is 12.0. The molecule has 2 N–H and O–H groups in total. The number of rotatable bonds is 5. The van der Waals surface area contributed by atoms with Crippen molar-refractivity contribution < 1.29 is 13.2 Å². The first-order valence-electron chi connectivity index (χ1n) is 6.91. The highest BCUT2D eigenvalue weighted by molar-refractivity contribution is 7.88. The van der Waals surface area contributed by atoms with Crippen LogP contribution in [0.5, 0.6) is 0 Å². The van der Waals surface area contributed by atoms with Crippen LogP contribution in [0, 0.1) is 0 Å². The van der Waals surface area contributed by atoms with Crippen molar-refractivity contribution in [1.82, 2.24) is 24.2 Å². The van der Waals surface area contributed by atoms with E-state index >= 15 is 0 Å². The molecule has 11 heteroatoms. The van der Waals surface area contributed by atoms with Crippen molar-refractivity contribution in [3.63, 3.8) is 0 Å². The van der Waals surface area contributed by atoms with Crippen molar-refractivity contribution in [3.05, 3.63) is 38.7 Å². The zero-order valence-corrected chi connectivity index (χ0v) is 14.2. The van der Waals surface area contributed by atoms with Crippen LogP contribution in [0.4, 0.5) is 0 Å². The van der Waals surface area contributed by atoms with Crippen LogP contribution in [-0.2, 0) is 24.1 Å². The molecular formula is C13H17N5O5S. The van der Waals surface area contributed by atoms with Gasteiger partial charge in [-0.2, -0.15) is 0 Å². The fraction of sp³-hybridized carbons (Fsp3) is 0.385. The number of pyridine rings is 1. The average Bonchev–Trinajstić information content (AvgIpc) is 2.53. The van der Waals surface area contributed by atoms with E-state index in [2.05, 4.69) is 15.0 Å². The molecule has 10 nitrogen and oxygen atoms in total.